The van der Waals surface area contributed by atoms with Crippen LogP contribution in [-0.2, 0) is 9.59 Å². The van der Waals surface area contributed by atoms with E-state index in [1.165, 1.54) is 0 Å². The van der Waals surface area contributed by atoms with Crippen LogP contribution < -0.4 is 4.74 Å². The lowest BCUT2D eigenvalue weighted by Gasteiger charge is -2.31. The zero-order chi connectivity index (χ0) is 21.5. The Balaban J connectivity index is 1.74. The average molecular weight is 416 g/mol. The van der Waals surface area contributed by atoms with E-state index in [0.717, 1.165) is 36.6 Å². The van der Waals surface area contributed by atoms with Gasteiger partial charge in [0.2, 0.25) is 0 Å². The van der Waals surface area contributed by atoms with Crippen molar-refractivity contribution < 1.29 is 19.4 Å². The van der Waals surface area contributed by atoms with E-state index in [0.29, 0.717) is 16.9 Å². The molecule has 6 nitrogen and oxygen atoms in total. The quantitative estimate of drug-likeness (QED) is 0.372. The Kier molecular flexibility index (Phi) is 4.77. The van der Waals surface area contributed by atoms with Gasteiger partial charge in [-0.05, 0) is 25.0 Å². The number of methoxy groups -OCH3 is 1. The number of ketones is 1. The van der Waals surface area contributed by atoms with E-state index in [1.807, 2.05) is 48.5 Å². The maximum absolute atomic E-state index is 13.3. The van der Waals surface area contributed by atoms with Crippen LogP contribution in [0.3, 0.4) is 0 Å². The van der Waals surface area contributed by atoms with Gasteiger partial charge in [0.05, 0.1) is 18.7 Å². The Morgan fingerprint density at radius 2 is 1.77 bits per heavy atom. The molecule has 2 aliphatic rings. The molecule has 1 saturated carbocycles. The highest BCUT2D eigenvalue weighted by atomic mass is 16.5. The van der Waals surface area contributed by atoms with Gasteiger partial charge in [0, 0.05) is 34.3 Å². The van der Waals surface area contributed by atoms with Crippen LogP contribution in [-0.4, -0.2) is 39.8 Å². The molecular weight excluding hydrogens is 392 g/mol. The number of carbonyl (C=O) groups excluding carboxylic acids is 2. The topological polar surface area (TPSA) is 82.6 Å². The number of para-hydroxylation sites is 2. The van der Waals surface area contributed by atoms with Gasteiger partial charge < -0.3 is 19.7 Å². The molecular formula is C25H24N2O4. The Morgan fingerprint density at radius 3 is 2.55 bits per heavy atom. The highest BCUT2D eigenvalue weighted by molar-refractivity contribution is 6.46. The molecule has 3 aromatic rings. The summed E-state index contributed by atoms with van der Waals surface area (Å²) in [6.45, 7) is 0. The van der Waals surface area contributed by atoms with Crippen molar-refractivity contribution in [1.82, 2.24) is 9.88 Å². The van der Waals surface area contributed by atoms with Gasteiger partial charge in [-0.2, -0.15) is 0 Å². The summed E-state index contributed by atoms with van der Waals surface area (Å²) in [6, 6.07) is 14.2. The number of nitrogens with zero attached hydrogens (tertiary/aromatic N) is 1. The van der Waals surface area contributed by atoms with Crippen LogP contribution in [0.15, 0.2) is 60.3 Å². The number of aromatic amines is 1. The zero-order valence-electron chi connectivity index (χ0n) is 17.3. The molecule has 1 aliphatic heterocycles. The third-order valence-corrected chi connectivity index (χ3v) is 6.48. The van der Waals surface area contributed by atoms with E-state index in [9.17, 15) is 14.7 Å². The second kappa shape index (κ2) is 7.61. The van der Waals surface area contributed by atoms with Crippen molar-refractivity contribution in [3.63, 3.8) is 0 Å². The molecule has 2 fully saturated rings. The summed E-state index contributed by atoms with van der Waals surface area (Å²) in [5.41, 5.74) is 2.19. The minimum atomic E-state index is -0.687. The van der Waals surface area contributed by atoms with Gasteiger partial charge in [-0.15, -0.1) is 0 Å². The van der Waals surface area contributed by atoms with E-state index in [4.69, 9.17) is 4.74 Å². The Labute approximate surface area is 180 Å². The molecule has 1 saturated heterocycles. The summed E-state index contributed by atoms with van der Waals surface area (Å²) in [5, 5.41) is 12.2. The summed E-state index contributed by atoms with van der Waals surface area (Å²) >= 11 is 0. The lowest BCUT2D eigenvalue weighted by molar-refractivity contribution is -0.141. The number of likely N-dealkylation sites (tertiary alicyclic amines) is 1. The van der Waals surface area contributed by atoms with E-state index in [2.05, 4.69) is 4.98 Å². The first kappa shape index (κ1) is 19.4. The molecule has 158 valence electrons. The van der Waals surface area contributed by atoms with Gasteiger partial charge in [0.15, 0.2) is 0 Å². The average Bonchev–Trinajstić information content (AvgIpc) is 3.52. The smallest absolute Gasteiger partial charge is 0.295 e. The fraction of sp³-hybridized carbons (Fsp3) is 0.280. The number of Topliss-reactive ketones (excluding diaryl/α,β-unsaturated/α-hetero) is 1. The van der Waals surface area contributed by atoms with Crippen molar-refractivity contribution in [3.8, 4) is 5.75 Å². The van der Waals surface area contributed by atoms with Crippen molar-refractivity contribution in [2.75, 3.05) is 7.11 Å². The normalized spacial score (nSPS) is 21.3. The van der Waals surface area contributed by atoms with Crippen molar-refractivity contribution in [3.05, 3.63) is 71.4 Å². The van der Waals surface area contributed by atoms with Gasteiger partial charge in [0.1, 0.15) is 11.5 Å². The number of hydrogen-bond acceptors (Lipinski definition) is 4. The standard InChI is InChI=1S/C25H24N2O4/c1-31-20-13-7-5-11-17(20)22-21(24(29)25(30)27(22)15-8-2-3-9-15)23(28)18-14-26-19-12-6-4-10-16(18)19/h4-7,10-15,22,26,28H,2-3,8-9H2,1H3/b23-21+. The van der Waals surface area contributed by atoms with Crippen LogP contribution in [0.1, 0.15) is 42.9 Å². The summed E-state index contributed by atoms with van der Waals surface area (Å²) in [5.74, 6) is -0.774. The predicted octanol–water partition coefficient (Wildman–Crippen LogP) is 4.54. The molecule has 0 spiro atoms. The predicted molar refractivity (Wildman–Crippen MR) is 118 cm³/mol. The number of H-pyrrole nitrogens is 1. The van der Waals surface area contributed by atoms with Crippen LogP contribution in [0.5, 0.6) is 5.75 Å². The number of aromatic nitrogens is 1. The van der Waals surface area contributed by atoms with Crippen molar-refractivity contribution in [2.45, 2.75) is 37.8 Å². The maximum Gasteiger partial charge on any atom is 0.295 e. The van der Waals surface area contributed by atoms with Gasteiger partial charge in [-0.25, -0.2) is 0 Å². The number of ether oxygens (including phenoxy) is 1. The Morgan fingerprint density at radius 1 is 1.06 bits per heavy atom. The van der Waals surface area contributed by atoms with Gasteiger partial charge in [-0.1, -0.05) is 49.2 Å². The Bertz CT molecular complexity index is 1200. The van der Waals surface area contributed by atoms with E-state index >= 15 is 0 Å². The molecule has 2 heterocycles. The molecule has 2 aromatic carbocycles. The first-order valence-electron chi connectivity index (χ1n) is 10.6. The molecule has 2 N–H and O–H groups in total. The van der Waals surface area contributed by atoms with Crippen LogP contribution >= 0.6 is 0 Å². The van der Waals surface area contributed by atoms with Crippen LogP contribution in [0.2, 0.25) is 0 Å². The minimum absolute atomic E-state index is 0.0281. The molecule has 1 aromatic heterocycles. The SMILES string of the molecule is COc1ccccc1C1/C(=C(\O)c2c[nH]c3ccccc23)C(=O)C(=O)N1C1CCCC1. The van der Waals surface area contributed by atoms with Crippen LogP contribution in [0, 0.1) is 0 Å². The molecule has 1 atom stereocenters. The first-order valence-corrected chi connectivity index (χ1v) is 10.6. The third-order valence-electron chi connectivity index (χ3n) is 6.48. The second-order valence-corrected chi connectivity index (χ2v) is 8.13. The monoisotopic (exact) mass is 416 g/mol. The number of fused-ring (bicyclic) bond motifs is 1. The van der Waals surface area contributed by atoms with Crippen LogP contribution in [0.4, 0.5) is 0 Å². The number of aliphatic hydroxyl groups is 1. The largest absolute Gasteiger partial charge is 0.507 e. The number of amides is 1. The van der Waals surface area contributed by atoms with Gasteiger partial charge in [0.25, 0.3) is 11.7 Å². The van der Waals surface area contributed by atoms with Crippen molar-refractivity contribution in [1.29, 1.82) is 0 Å². The fourth-order valence-corrected chi connectivity index (χ4v) is 5.02. The minimum Gasteiger partial charge on any atom is -0.507 e. The summed E-state index contributed by atoms with van der Waals surface area (Å²) in [4.78, 5) is 31.3. The van der Waals surface area contributed by atoms with Crippen molar-refractivity contribution in [2.24, 2.45) is 0 Å². The number of carbonyl (C=O) groups is 2. The number of benzene rings is 2. The highest BCUT2D eigenvalue weighted by Crippen LogP contribution is 2.46. The van der Waals surface area contributed by atoms with Crippen LogP contribution in [0.25, 0.3) is 16.7 Å². The number of hydrogen-bond donors (Lipinski definition) is 2. The van der Waals surface area contributed by atoms with Crippen molar-refractivity contribution >= 4 is 28.4 Å². The van der Waals surface area contributed by atoms with E-state index in [1.54, 1.807) is 18.2 Å². The van der Waals surface area contributed by atoms with E-state index in [-0.39, 0.29) is 17.4 Å². The van der Waals surface area contributed by atoms with Gasteiger partial charge >= 0.3 is 0 Å². The number of rotatable bonds is 4. The zero-order valence-corrected chi connectivity index (χ0v) is 17.3. The maximum atomic E-state index is 13.3. The summed E-state index contributed by atoms with van der Waals surface area (Å²) in [7, 11) is 1.57. The van der Waals surface area contributed by atoms with Gasteiger partial charge in [-0.3, -0.25) is 9.59 Å². The summed E-state index contributed by atoms with van der Waals surface area (Å²) in [6.07, 6.45) is 5.43. The molecule has 5 rings (SSSR count). The lowest BCUT2D eigenvalue weighted by atomic mass is 9.94. The fourth-order valence-electron chi connectivity index (χ4n) is 5.02. The molecule has 1 aliphatic carbocycles. The molecule has 0 radical (unpaired) electrons. The molecule has 6 heteroatoms. The number of nitrogens with one attached hydrogen (secondary N) is 1. The highest BCUT2D eigenvalue weighted by Gasteiger charge is 2.50. The molecule has 1 amide bonds. The lowest BCUT2D eigenvalue weighted by Crippen LogP contribution is -2.37. The Hall–Kier alpha value is -3.54. The summed E-state index contributed by atoms with van der Waals surface area (Å²) < 4.78 is 5.57. The molecule has 0 bridgehead atoms. The first-order chi connectivity index (χ1) is 15.1. The third kappa shape index (κ3) is 3.02. The second-order valence-electron chi connectivity index (χ2n) is 8.13. The molecule has 31 heavy (non-hydrogen) atoms. The van der Waals surface area contributed by atoms with E-state index < -0.39 is 17.7 Å². The molecule has 1 unspecified atom stereocenters. The number of aliphatic hydroxyl groups excluding tert-OH is 1.